The van der Waals surface area contributed by atoms with Crippen molar-refractivity contribution >= 4 is 21.8 Å². The van der Waals surface area contributed by atoms with Gasteiger partial charge < -0.3 is 19.3 Å². The van der Waals surface area contributed by atoms with E-state index in [0.29, 0.717) is 11.5 Å². The third kappa shape index (κ3) is 6.06. The molecule has 51 heavy (non-hydrogen) atoms. The minimum atomic E-state index is -0.240. The van der Waals surface area contributed by atoms with Crippen LogP contribution in [0.1, 0.15) is 63.8 Å². The Morgan fingerprint density at radius 3 is 1.57 bits per heavy atom. The fraction of sp³-hybridized carbons (Fsp3) is 0.267. The van der Waals surface area contributed by atoms with Crippen molar-refractivity contribution in [2.24, 2.45) is 14.1 Å². The number of pyridine rings is 1. The van der Waals surface area contributed by atoms with Gasteiger partial charge in [0, 0.05) is 89.9 Å². The molecule has 7 aromatic rings. The second-order valence-corrected chi connectivity index (χ2v) is 15.9. The number of rotatable bonds is 4. The predicted molar refractivity (Wildman–Crippen MR) is 209 cm³/mol. The minimum absolute atomic E-state index is 0. The van der Waals surface area contributed by atoms with E-state index < -0.39 is 0 Å². The third-order valence-electron chi connectivity index (χ3n) is 10.2. The van der Waals surface area contributed by atoms with Crippen LogP contribution < -0.4 is 0 Å². The van der Waals surface area contributed by atoms with E-state index in [2.05, 4.69) is 164 Å². The summed E-state index contributed by atoms with van der Waals surface area (Å²) in [7, 11) is 4.16. The van der Waals surface area contributed by atoms with Crippen molar-refractivity contribution < 1.29 is 36.4 Å². The largest absolute Gasteiger partial charge is 0.508 e. The number of aromatic nitrogens is 3. The SMILES string of the molecule is Cc1cc(-c2c(-c3cccc(-c4c(-c5cc(O)c(C(C)(C)C)cc5C)n(C)c5ccccc45)n3)c3ccccc3n2C)c(O)c(C(C)(C)C)c1.[Zr]. The molecule has 0 unspecified atom stereocenters. The molecule has 0 saturated heterocycles. The zero-order valence-electron chi connectivity index (χ0n) is 31.4. The molecule has 2 N–H and O–H groups in total. The summed E-state index contributed by atoms with van der Waals surface area (Å²) in [5.41, 5.74) is 13.1. The number of hydrogen-bond acceptors (Lipinski definition) is 3. The van der Waals surface area contributed by atoms with E-state index in [9.17, 15) is 10.2 Å². The van der Waals surface area contributed by atoms with Gasteiger partial charge >= 0.3 is 0 Å². The first-order valence-corrected chi connectivity index (χ1v) is 17.4. The van der Waals surface area contributed by atoms with Gasteiger partial charge in [0.15, 0.2) is 0 Å². The molecule has 0 spiro atoms. The van der Waals surface area contributed by atoms with Gasteiger partial charge in [0.25, 0.3) is 0 Å². The van der Waals surface area contributed by atoms with Crippen LogP contribution in [-0.4, -0.2) is 24.3 Å². The Morgan fingerprint density at radius 1 is 0.569 bits per heavy atom. The van der Waals surface area contributed by atoms with E-state index in [0.717, 1.165) is 89.1 Å². The fourth-order valence-electron chi connectivity index (χ4n) is 7.73. The molecule has 0 saturated carbocycles. The number of aryl methyl sites for hydroxylation is 4. The maximum Gasteiger partial charge on any atom is 0.128 e. The van der Waals surface area contributed by atoms with Crippen LogP contribution in [-0.2, 0) is 51.1 Å². The van der Waals surface area contributed by atoms with Crippen LogP contribution in [0.5, 0.6) is 11.5 Å². The van der Waals surface area contributed by atoms with Crippen molar-refractivity contribution in [3.8, 4) is 56.5 Å². The number of nitrogens with zero attached hydrogens (tertiary/aromatic N) is 3. The van der Waals surface area contributed by atoms with Crippen LogP contribution in [0.2, 0.25) is 0 Å². The molecule has 0 radical (unpaired) electrons. The average Bonchev–Trinajstić information content (AvgIpc) is 3.52. The molecule has 0 aliphatic heterocycles. The topological polar surface area (TPSA) is 63.2 Å². The summed E-state index contributed by atoms with van der Waals surface area (Å²) < 4.78 is 4.41. The van der Waals surface area contributed by atoms with Crippen LogP contribution in [0, 0.1) is 13.8 Å². The Hall–Kier alpha value is -4.41. The second-order valence-electron chi connectivity index (χ2n) is 15.9. The standard InChI is InChI=1S/C45H47N3O2.Zr/c1-26-22-31(43(50)33(23-26)45(6,7)8)42-40(29-17-12-14-21-37(29)48(42)10)35-19-15-18-34(46-35)39-28-16-11-13-20-36(28)47(9)41(39)30-25-38(49)32(24-27(30)2)44(3,4)5;/h11-25,49-50H,1-10H3;. The summed E-state index contributed by atoms with van der Waals surface area (Å²) in [6.07, 6.45) is 0. The molecule has 3 aromatic heterocycles. The number of fused-ring (bicyclic) bond motifs is 2. The third-order valence-corrected chi connectivity index (χ3v) is 10.2. The summed E-state index contributed by atoms with van der Waals surface area (Å²) in [6, 6.07) is 31.3. The number of para-hydroxylation sites is 2. The molecule has 0 bridgehead atoms. The zero-order chi connectivity index (χ0) is 35.9. The van der Waals surface area contributed by atoms with Crippen molar-refractivity contribution in [2.75, 3.05) is 0 Å². The Bertz CT molecular complexity index is 2470. The van der Waals surface area contributed by atoms with E-state index >= 15 is 0 Å². The van der Waals surface area contributed by atoms with Crippen LogP contribution in [0.3, 0.4) is 0 Å². The van der Waals surface area contributed by atoms with Crippen LogP contribution in [0.25, 0.3) is 66.8 Å². The van der Waals surface area contributed by atoms with Crippen molar-refractivity contribution in [3.05, 3.63) is 113 Å². The number of phenolic OH excluding ortho intramolecular Hbond substituents is 2. The van der Waals surface area contributed by atoms with E-state index in [-0.39, 0.29) is 37.0 Å². The fourth-order valence-corrected chi connectivity index (χ4v) is 7.73. The molecule has 6 heteroatoms. The molecule has 5 nitrogen and oxygen atoms in total. The monoisotopic (exact) mass is 751 g/mol. The van der Waals surface area contributed by atoms with Gasteiger partial charge in [-0.2, -0.15) is 0 Å². The maximum atomic E-state index is 11.9. The molecule has 0 aliphatic rings. The van der Waals surface area contributed by atoms with E-state index in [1.807, 2.05) is 6.07 Å². The normalized spacial score (nSPS) is 12.1. The van der Waals surface area contributed by atoms with Gasteiger partial charge in [-0.25, -0.2) is 4.98 Å². The van der Waals surface area contributed by atoms with Gasteiger partial charge in [0.1, 0.15) is 11.5 Å². The Morgan fingerprint density at radius 2 is 1.06 bits per heavy atom. The van der Waals surface area contributed by atoms with E-state index in [4.69, 9.17) is 4.98 Å². The Kier molecular flexibility index (Phi) is 9.26. The van der Waals surface area contributed by atoms with Crippen molar-refractivity contribution in [1.29, 1.82) is 0 Å². The van der Waals surface area contributed by atoms with Crippen molar-refractivity contribution in [1.82, 2.24) is 14.1 Å². The average molecular weight is 753 g/mol. The quantitative estimate of drug-likeness (QED) is 0.188. The van der Waals surface area contributed by atoms with Gasteiger partial charge in [0.05, 0.1) is 22.8 Å². The van der Waals surface area contributed by atoms with Crippen molar-refractivity contribution in [3.63, 3.8) is 0 Å². The van der Waals surface area contributed by atoms with Gasteiger partial charge in [-0.1, -0.05) is 96.1 Å². The second kappa shape index (κ2) is 13.0. The van der Waals surface area contributed by atoms with Crippen LogP contribution in [0.4, 0.5) is 0 Å². The van der Waals surface area contributed by atoms with Gasteiger partial charge in [0.2, 0.25) is 0 Å². The van der Waals surface area contributed by atoms with Crippen LogP contribution >= 0.6 is 0 Å². The summed E-state index contributed by atoms with van der Waals surface area (Å²) in [4.78, 5) is 5.47. The molecule has 4 aromatic carbocycles. The molecule has 0 fully saturated rings. The maximum absolute atomic E-state index is 11.9. The molecule has 7 rings (SSSR count). The molecular formula is C45H47N3O2Zr. The molecule has 258 valence electrons. The van der Waals surface area contributed by atoms with E-state index in [1.165, 1.54) is 0 Å². The predicted octanol–water partition coefficient (Wildman–Crippen LogP) is 11.4. The number of phenols is 2. The molecule has 3 heterocycles. The summed E-state index contributed by atoms with van der Waals surface area (Å²) in [5, 5.41) is 25.4. The first kappa shape index (κ1) is 36.4. The first-order chi connectivity index (χ1) is 23.6. The zero-order valence-corrected chi connectivity index (χ0v) is 33.9. The Labute approximate surface area is 320 Å². The van der Waals surface area contributed by atoms with Crippen molar-refractivity contribution in [2.45, 2.75) is 66.2 Å². The molecule has 0 atom stereocenters. The minimum Gasteiger partial charge on any atom is -0.508 e. The summed E-state index contributed by atoms with van der Waals surface area (Å²) in [6.45, 7) is 17.0. The molecular weight excluding hydrogens is 706 g/mol. The molecule has 0 aliphatic carbocycles. The summed E-state index contributed by atoms with van der Waals surface area (Å²) >= 11 is 0. The van der Waals surface area contributed by atoms with Gasteiger partial charge in [-0.15, -0.1) is 0 Å². The first-order valence-electron chi connectivity index (χ1n) is 17.4. The van der Waals surface area contributed by atoms with E-state index in [1.54, 1.807) is 0 Å². The smallest absolute Gasteiger partial charge is 0.128 e. The number of aromatic hydroxyl groups is 2. The van der Waals surface area contributed by atoms with Crippen LogP contribution in [0.15, 0.2) is 91.0 Å². The van der Waals surface area contributed by atoms with Gasteiger partial charge in [-0.05, 0) is 77.8 Å². The number of hydrogen-bond donors (Lipinski definition) is 2. The summed E-state index contributed by atoms with van der Waals surface area (Å²) in [5.74, 6) is 0.598. The number of benzene rings is 4. The van der Waals surface area contributed by atoms with Gasteiger partial charge in [-0.3, -0.25) is 0 Å². The Balaban J connectivity index is 0.00000448. The molecule has 0 amide bonds.